The quantitative estimate of drug-likeness (QED) is 0.619. The molecule has 1 amide bonds. The number of amides is 1. The third kappa shape index (κ3) is 4.98. The molecule has 0 aliphatic rings. The van der Waals surface area contributed by atoms with Crippen LogP contribution in [0, 0.1) is 0 Å². The smallest absolute Gasteiger partial charge is 0.222 e. The normalized spacial score (nSPS) is 11.2. The first-order valence-electron chi connectivity index (χ1n) is 9.81. The Hall–Kier alpha value is -2.59. The highest BCUT2D eigenvalue weighted by Crippen LogP contribution is 2.15. The molecule has 0 aliphatic carbocycles. The molecular formula is C23H29N3O. The van der Waals surface area contributed by atoms with Gasteiger partial charge < -0.3 is 9.88 Å². The van der Waals surface area contributed by atoms with E-state index in [9.17, 15) is 4.79 Å². The molecule has 27 heavy (non-hydrogen) atoms. The molecule has 0 unspecified atom stereocenters. The molecule has 0 saturated heterocycles. The largest absolute Gasteiger partial charge is 0.352 e. The van der Waals surface area contributed by atoms with Gasteiger partial charge in [-0.15, -0.1) is 0 Å². The number of nitrogens with one attached hydrogen (secondary N) is 1. The summed E-state index contributed by atoms with van der Waals surface area (Å²) >= 11 is 0. The van der Waals surface area contributed by atoms with Crippen molar-refractivity contribution in [2.45, 2.75) is 39.9 Å². The van der Waals surface area contributed by atoms with Crippen LogP contribution in [0.3, 0.4) is 0 Å². The Labute approximate surface area is 161 Å². The van der Waals surface area contributed by atoms with E-state index in [1.807, 2.05) is 18.2 Å². The lowest BCUT2D eigenvalue weighted by molar-refractivity contribution is -0.121. The van der Waals surface area contributed by atoms with E-state index in [0.29, 0.717) is 19.5 Å². The first-order valence-corrected chi connectivity index (χ1v) is 9.81. The third-order valence-electron chi connectivity index (χ3n) is 5.14. The second kappa shape index (κ2) is 9.38. The molecule has 3 aromatic rings. The van der Waals surface area contributed by atoms with Gasteiger partial charge in [-0.2, -0.15) is 0 Å². The van der Waals surface area contributed by atoms with Gasteiger partial charge in [-0.05, 0) is 41.7 Å². The predicted octanol–water partition coefficient (Wildman–Crippen LogP) is 4.19. The Morgan fingerprint density at radius 2 is 1.67 bits per heavy atom. The van der Waals surface area contributed by atoms with Crippen molar-refractivity contribution in [2.75, 3.05) is 13.1 Å². The van der Waals surface area contributed by atoms with E-state index in [1.165, 1.54) is 22.0 Å². The summed E-state index contributed by atoms with van der Waals surface area (Å²) in [6, 6.07) is 18.7. The number of hydrogen-bond donors (Lipinski definition) is 1. The van der Waals surface area contributed by atoms with Crippen molar-refractivity contribution in [3.63, 3.8) is 0 Å². The molecule has 142 valence electrons. The predicted molar refractivity (Wildman–Crippen MR) is 111 cm³/mol. The standard InChI is InChI=1S/C23H29N3O/c1-3-25(4-2)18-21-11-6-5-10-20(21)17-24-23(27)14-16-26-15-13-19-9-7-8-12-22(19)26/h5-13,15H,3-4,14,16-18H2,1-2H3,(H,24,27). The first-order chi connectivity index (χ1) is 13.2. The summed E-state index contributed by atoms with van der Waals surface area (Å²) in [7, 11) is 0. The number of carbonyl (C=O) groups excluding carboxylic acids is 1. The van der Waals surface area contributed by atoms with Gasteiger partial charge in [0.2, 0.25) is 5.91 Å². The summed E-state index contributed by atoms with van der Waals surface area (Å²) in [4.78, 5) is 14.7. The van der Waals surface area contributed by atoms with E-state index >= 15 is 0 Å². The van der Waals surface area contributed by atoms with Crippen molar-refractivity contribution in [1.82, 2.24) is 14.8 Å². The van der Waals surface area contributed by atoms with Crippen LogP contribution in [0.4, 0.5) is 0 Å². The van der Waals surface area contributed by atoms with E-state index < -0.39 is 0 Å². The van der Waals surface area contributed by atoms with Crippen LogP contribution in [0.5, 0.6) is 0 Å². The van der Waals surface area contributed by atoms with Crippen LogP contribution in [0.15, 0.2) is 60.8 Å². The number of hydrogen-bond acceptors (Lipinski definition) is 2. The maximum absolute atomic E-state index is 12.4. The molecule has 4 heteroatoms. The summed E-state index contributed by atoms with van der Waals surface area (Å²) < 4.78 is 2.14. The zero-order chi connectivity index (χ0) is 19.1. The fourth-order valence-electron chi connectivity index (χ4n) is 3.41. The van der Waals surface area contributed by atoms with E-state index in [1.54, 1.807) is 0 Å². The molecule has 1 N–H and O–H groups in total. The van der Waals surface area contributed by atoms with Crippen molar-refractivity contribution in [1.29, 1.82) is 0 Å². The molecule has 1 heterocycles. The van der Waals surface area contributed by atoms with Crippen LogP contribution in [0.1, 0.15) is 31.4 Å². The molecule has 1 aromatic heterocycles. The van der Waals surface area contributed by atoms with E-state index in [0.717, 1.165) is 19.6 Å². The second-order valence-electron chi connectivity index (χ2n) is 6.82. The molecule has 0 fully saturated rings. The maximum Gasteiger partial charge on any atom is 0.222 e. The SMILES string of the molecule is CCN(CC)Cc1ccccc1CNC(=O)CCn1ccc2ccccc21. The Bertz CT molecular complexity index is 880. The van der Waals surface area contributed by atoms with Crippen LogP contribution in [-0.4, -0.2) is 28.5 Å². The summed E-state index contributed by atoms with van der Waals surface area (Å²) in [6.07, 6.45) is 2.54. The minimum absolute atomic E-state index is 0.0884. The van der Waals surface area contributed by atoms with E-state index in [4.69, 9.17) is 0 Å². The Balaban J connectivity index is 1.55. The third-order valence-corrected chi connectivity index (χ3v) is 5.14. The van der Waals surface area contributed by atoms with Crippen molar-refractivity contribution >= 4 is 16.8 Å². The van der Waals surface area contributed by atoms with Crippen LogP contribution in [0.25, 0.3) is 10.9 Å². The molecule has 3 rings (SSSR count). The number of fused-ring (bicyclic) bond motifs is 1. The number of nitrogens with zero attached hydrogens (tertiary/aromatic N) is 2. The number of aryl methyl sites for hydroxylation is 1. The molecule has 0 atom stereocenters. The fourth-order valence-corrected chi connectivity index (χ4v) is 3.41. The topological polar surface area (TPSA) is 37.3 Å². The number of para-hydroxylation sites is 1. The lowest BCUT2D eigenvalue weighted by atomic mass is 10.1. The van der Waals surface area contributed by atoms with Gasteiger partial charge in [-0.25, -0.2) is 0 Å². The minimum atomic E-state index is 0.0884. The fraction of sp³-hybridized carbons (Fsp3) is 0.348. The van der Waals surface area contributed by atoms with Crippen LogP contribution in [0.2, 0.25) is 0 Å². The van der Waals surface area contributed by atoms with Crippen LogP contribution in [-0.2, 0) is 24.4 Å². The van der Waals surface area contributed by atoms with Gasteiger partial charge >= 0.3 is 0 Å². The van der Waals surface area contributed by atoms with Gasteiger partial charge in [0.1, 0.15) is 0 Å². The highest BCUT2D eigenvalue weighted by atomic mass is 16.1. The summed E-state index contributed by atoms with van der Waals surface area (Å²) in [5.41, 5.74) is 3.66. The Morgan fingerprint density at radius 3 is 2.44 bits per heavy atom. The van der Waals surface area contributed by atoms with Gasteiger partial charge in [-0.3, -0.25) is 9.69 Å². The maximum atomic E-state index is 12.4. The molecule has 2 aromatic carbocycles. The molecule has 0 spiro atoms. The van der Waals surface area contributed by atoms with Crippen molar-refractivity contribution < 1.29 is 4.79 Å². The van der Waals surface area contributed by atoms with Crippen molar-refractivity contribution in [3.8, 4) is 0 Å². The van der Waals surface area contributed by atoms with Gasteiger partial charge in [0.15, 0.2) is 0 Å². The molecule has 0 aliphatic heterocycles. The lowest BCUT2D eigenvalue weighted by Crippen LogP contribution is -2.26. The van der Waals surface area contributed by atoms with Gasteiger partial charge in [0.25, 0.3) is 0 Å². The second-order valence-corrected chi connectivity index (χ2v) is 6.82. The van der Waals surface area contributed by atoms with Gasteiger partial charge in [0.05, 0.1) is 0 Å². The average Bonchev–Trinajstić information content (AvgIpc) is 3.12. The number of benzene rings is 2. The monoisotopic (exact) mass is 363 g/mol. The van der Waals surface area contributed by atoms with Gasteiger partial charge in [0, 0.05) is 37.8 Å². The van der Waals surface area contributed by atoms with Gasteiger partial charge in [-0.1, -0.05) is 56.3 Å². The van der Waals surface area contributed by atoms with E-state index in [-0.39, 0.29) is 5.91 Å². The van der Waals surface area contributed by atoms with Crippen molar-refractivity contribution in [3.05, 3.63) is 71.9 Å². The number of carbonyl (C=O) groups is 1. The Morgan fingerprint density at radius 1 is 0.963 bits per heavy atom. The first kappa shape index (κ1) is 19.2. The molecule has 0 saturated carbocycles. The Kier molecular flexibility index (Phi) is 6.66. The zero-order valence-electron chi connectivity index (χ0n) is 16.3. The summed E-state index contributed by atoms with van der Waals surface area (Å²) in [6.45, 7) is 8.62. The molecule has 0 bridgehead atoms. The summed E-state index contributed by atoms with van der Waals surface area (Å²) in [5.74, 6) is 0.0884. The van der Waals surface area contributed by atoms with Crippen LogP contribution >= 0.6 is 0 Å². The molecule has 4 nitrogen and oxygen atoms in total. The number of rotatable bonds is 9. The highest BCUT2D eigenvalue weighted by Gasteiger charge is 2.08. The molecule has 0 radical (unpaired) electrons. The van der Waals surface area contributed by atoms with Crippen molar-refractivity contribution in [2.24, 2.45) is 0 Å². The average molecular weight is 364 g/mol. The lowest BCUT2D eigenvalue weighted by Gasteiger charge is -2.20. The highest BCUT2D eigenvalue weighted by molar-refractivity contribution is 5.80. The van der Waals surface area contributed by atoms with E-state index in [2.05, 4.69) is 71.2 Å². The minimum Gasteiger partial charge on any atom is -0.352 e. The number of aromatic nitrogens is 1. The summed E-state index contributed by atoms with van der Waals surface area (Å²) in [5, 5.41) is 4.30. The van der Waals surface area contributed by atoms with Crippen LogP contribution < -0.4 is 5.32 Å². The zero-order valence-corrected chi connectivity index (χ0v) is 16.3. The molecular weight excluding hydrogens is 334 g/mol.